The van der Waals surface area contributed by atoms with E-state index in [1.165, 1.54) is 49.3 Å². The van der Waals surface area contributed by atoms with Gasteiger partial charge in [-0.15, -0.1) is 0 Å². The van der Waals surface area contributed by atoms with Crippen LogP contribution in [0.3, 0.4) is 0 Å². The van der Waals surface area contributed by atoms with Gasteiger partial charge in [0, 0.05) is 36.6 Å². The van der Waals surface area contributed by atoms with Crippen LogP contribution in [0.1, 0.15) is 63.0 Å². The Morgan fingerprint density at radius 2 is 2.10 bits per heavy atom. The number of nitrogens with zero attached hydrogens (tertiary/aromatic N) is 2. The minimum atomic E-state index is 0.217. The average molecular weight is 289 g/mol. The molecule has 1 atom stereocenters. The lowest BCUT2D eigenvalue weighted by molar-refractivity contribution is 0.252. The molecule has 2 N–H and O–H groups in total. The largest absolute Gasteiger partial charge is 0.347 e. The smallest absolute Gasteiger partial charge is 0.0352 e. The van der Waals surface area contributed by atoms with Crippen LogP contribution in [0.4, 0.5) is 0 Å². The molecule has 0 bridgehead atoms. The van der Waals surface area contributed by atoms with Gasteiger partial charge in [-0.25, -0.2) is 0 Å². The van der Waals surface area contributed by atoms with Crippen molar-refractivity contribution in [3.8, 4) is 0 Å². The van der Waals surface area contributed by atoms with Gasteiger partial charge in [0.25, 0.3) is 0 Å². The summed E-state index contributed by atoms with van der Waals surface area (Å²) in [5, 5.41) is 0. The van der Waals surface area contributed by atoms with Crippen molar-refractivity contribution in [3.63, 3.8) is 0 Å². The standard InChI is InChI=1S/C18H31N3/c1-5-20(14-6-7-14)8-9-21-13(2)10-15-16(19)11-18(3,4)12-17(15)21/h10,14,16H,5-9,11-12,19H2,1-4H3. The number of likely N-dealkylation sites (N-methyl/N-ethyl adjacent to an activating group) is 1. The van der Waals surface area contributed by atoms with Crippen molar-refractivity contribution in [2.75, 3.05) is 13.1 Å². The van der Waals surface area contributed by atoms with Crippen molar-refractivity contribution < 1.29 is 0 Å². The zero-order valence-corrected chi connectivity index (χ0v) is 14.2. The second kappa shape index (κ2) is 5.44. The minimum absolute atomic E-state index is 0.217. The summed E-state index contributed by atoms with van der Waals surface area (Å²) in [5.41, 5.74) is 11.0. The van der Waals surface area contributed by atoms with Crippen molar-refractivity contribution in [1.82, 2.24) is 9.47 Å². The van der Waals surface area contributed by atoms with Crippen molar-refractivity contribution in [1.29, 1.82) is 0 Å². The predicted octanol–water partition coefficient (Wildman–Crippen LogP) is 3.25. The first-order valence-electron chi connectivity index (χ1n) is 8.60. The number of fused-ring (bicyclic) bond motifs is 1. The van der Waals surface area contributed by atoms with E-state index in [4.69, 9.17) is 5.73 Å². The maximum atomic E-state index is 6.42. The summed E-state index contributed by atoms with van der Waals surface area (Å²) >= 11 is 0. The van der Waals surface area contributed by atoms with Crippen LogP contribution in [0.2, 0.25) is 0 Å². The van der Waals surface area contributed by atoms with Gasteiger partial charge in [0.2, 0.25) is 0 Å². The van der Waals surface area contributed by atoms with Gasteiger partial charge in [-0.05, 0) is 56.2 Å². The first kappa shape index (κ1) is 15.1. The van der Waals surface area contributed by atoms with E-state index in [0.29, 0.717) is 5.41 Å². The third-order valence-electron chi connectivity index (χ3n) is 5.35. The van der Waals surface area contributed by atoms with Crippen LogP contribution in [-0.2, 0) is 13.0 Å². The van der Waals surface area contributed by atoms with Gasteiger partial charge >= 0.3 is 0 Å². The van der Waals surface area contributed by atoms with Gasteiger partial charge in [-0.3, -0.25) is 4.90 Å². The quantitative estimate of drug-likeness (QED) is 0.903. The molecule has 0 aromatic carbocycles. The van der Waals surface area contributed by atoms with E-state index in [0.717, 1.165) is 19.0 Å². The second-order valence-corrected chi connectivity index (χ2v) is 7.85. The molecule has 3 heteroatoms. The molecule has 0 spiro atoms. The van der Waals surface area contributed by atoms with Crippen molar-refractivity contribution in [2.24, 2.45) is 11.1 Å². The first-order valence-corrected chi connectivity index (χ1v) is 8.60. The Bertz CT molecular complexity index is 511. The molecule has 2 aliphatic rings. The number of hydrogen-bond donors (Lipinski definition) is 1. The Hall–Kier alpha value is -0.800. The molecule has 118 valence electrons. The lowest BCUT2D eigenvalue weighted by Gasteiger charge is -2.35. The number of aryl methyl sites for hydroxylation is 1. The molecule has 1 aromatic heterocycles. The normalized spacial score (nSPS) is 24.4. The summed E-state index contributed by atoms with van der Waals surface area (Å²) in [6.07, 6.45) is 5.06. The monoisotopic (exact) mass is 289 g/mol. The van der Waals surface area contributed by atoms with E-state index >= 15 is 0 Å². The molecule has 0 saturated heterocycles. The molecule has 0 amide bonds. The van der Waals surface area contributed by atoms with E-state index in [2.05, 4.69) is 43.2 Å². The Kier molecular flexibility index (Phi) is 3.91. The molecule has 2 aliphatic carbocycles. The third kappa shape index (κ3) is 3.04. The molecule has 1 saturated carbocycles. The Morgan fingerprint density at radius 1 is 1.38 bits per heavy atom. The van der Waals surface area contributed by atoms with Gasteiger partial charge in [0.05, 0.1) is 0 Å². The van der Waals surface area contributed by atoms with E-state index < -0.39 is 0 Å². The van der Waals surface area contributed by atoms with E-state index in [1.807, 2.05) is 0 Å². The number of hydrogen-bond acceptors (Lipinski definition) is 2. The SMILES string of the molecule is CCN(CCn1c(C)cc2c1CC(C)(C)CC2N)C1CC1. The number of aromatic nitrogens is 1. The fourth-order valence-electron chi connectivity index (χ4n) is 4.08. The molecular formula is C18H31N3. The molecule has 1 aromatic rings. The van der Waals surface area contributed by atoms with Crippen LogP contribution in [-0.4, -0.2) is 28.6 Å². The van der Waals surface area contributed by atoms with Crippen molar-refractivity contribution in [2.45, 2.75) is 72.0 Å². The summed E-state index contributed by atoms with van der Waals surface area (Å²) < 4.78 is 2.54. The lowest BCUT2D eigenvalue weighted by Crippen LogP contribution is -2.33. The van der Waals surface area contributed by atoms with E-state index in [1.54, 1.807) is 0 Å². The fourth-order valence-corrected chi connectivity index (χ4v) is 4.08. The fraction of sp³-hybridized carbons (Fsp3) is 0.778. The van der Waals surface area contributed by atoms with Gasteiger partial charge < -0.3 is 10.3 Å². The second-order valence-electron chi connectivity index (χ2n) is 7.85. The molecule has 0 radical (unpaired) electrons. The van der Waals surface area contributed by atoms with Crippen molar-refractivity contribution >= 4 is 0 Å². The van der Waals surface area contributed by atoms with Gasteiger partial charge in [0.1, 0.15) is 0 Å². The Labute approximate surface area is 129 Å². The van der Waals surface area contributed by atoms with Crippen LogP contribution in [0, 0.1) is 12.3 Å². The average Bonchev–Trinajstić information content (AvgIpc) is 3.17. The molecular weight excluding hydrogens is 258 g/mol. The maximum absolute atomic E-state index is 6.42. The molecule has 3 nitrogen and oxygen atoms in total. The van der Waals surface area contributed by atoms with Crippen molar-refractivity contribution in [3.05, 3.63) is 23.0 Å². The molecule has 0 aliphatic heterocycles. The third-order valence-corrected chi connectivity index (χ3v) is 5.35. The molecule has 1 unspecified atom stereocenters. The van der Waals surface area contributed by atoms with Crippen LogP contribution < -0.4 is 5.73 Å². The predicted molar refractivity (Wildman–Crippen MR) is 88.5 cm³/mol. The highest BCUT2D eigenvalue weighted by molar-refractivity contribution is 5.34. The van der Waals surface area contributed by atoms with Crippen LogP contribution in [0.25, 0.3) is 0 Å². The number of rotatable bonds is 5. The molecule has 21 heavy (non-hydrogen) atoms. The minimum Gasteiger partial charge on any atom is -0.347 e. The van der Waals surface area contributed by atoms with Crippen LogP contribution in [0.15, 0.2) is 6.07 Å². The first-order chi connectivity index (χ1) is 9.91. The summed E-state index contributed by atoms with van der Waals surface area (Å²) in [6, 6.07) is 3.41. The summed E-state index contributed by atoms with van der Waals surface area (Å²) in [6.45, 7) is 12.7. The Morgan fingerprint density at radius 3 is 2.71 bits per heavy atom. The Balaban J connectivity index is 1.79. The van der Waals surface area contributed by atoms with E-state index in [9.17, 15) is 0 Å². The van der Waals surface area contributed by atoms with Gasteiger partial charge in [0.15, 0.2) is 0 Å². The highest BCUT2D eigenvalue weighted by Crippen LogP contribution is 2.41. The molecule has 1 heterocycles. The zero-order chi connectivity index (χ0) is 15.2. The zero-order valence-electron chi connectivity index (χ0n) is 14.2. The highest BCUT2D eigenvalue weighted by atomic mass is 15.2. The molecule has 1 fully saturated rings. The van der Waals surface area contributed by atoms with Gasteiger partial charge in [-0.1, -0.05) is 20.8 Å². The lowest BCUT2D eigenvalue weighted by atomic mass is 9.74. The summed E-state index contributed by atoms with van der Waals surface area (Å²) in [4.78, 5) is 2.64. The topological polar surface area (TPSA) is 34.2 Å². The summed E-state index contributed by atoms with van der Waals surface area (Å²) in [5.74, 6) is 0. The van der Waals surface area contributed by atoms with Gasteiger partial charge in [-0.2, -0.15) is 0 Å². The van der Waals surface area contributed by atoms with Crippen LogP contribution >= 0.6 is 0 Å². The number of nitrogens with two attached hydrogens (primary N) is 1. The molecule has 3 rings (SSSR count). The summed E-state index contributed by atoms with van der Waals surface area (Å²) in [7, 11) is 0. The van der Waals surface area contributed by atoms with E-state index in [-0.39, 0.29) is 6.04 Å². The maximum Gasteiger partial charge on any atom is 0.0352 e. The van der Waals surface area contributed by atoms with Crippen LogP contribution in [0.5, 0.6) is 0 Å². The highest BCUT2D eigenvalue weighted by Gasteiger charge is 2.33.